The van der Waals surface area contributed by atoms with Gasteiger partial charge < -0.3 is 9.13 Å². The van der Waals surface area contributed by atoms with E-state index in [1.165, 1.54) is 49.8 Å². The first-order valence-electron chi connectivity index (χ1n) is 15.3. The summed E-state index contributed by atoms with van der Waals surface area (Å²) in [6.45, 7) is 0. The summed E-state index contributed by atoms with van der Waals surface area (Å²) in [5, 5.41) is 3.56. The summed E-state index contributed by atoms with van der Waals surface area (Å²) in [6, 6.07) is 45.8. The second-order valence-electron chi connectivity index (χ2n) is 11.5. The van der Waals surface area contributed by atoms with E-state index in [4.69, 9.17) is 4.98 Å². The molecule has 1 aliphatic rings. The molecule has 0 radical (unpaired) electrons. The Labute approximate surface area is 255 Å². The number of benzene rings is 5. The van der Waals surface area contributed by atoms with Gasteiger partial charge in [0.2, 0.25) is 0 Å². The lowest BCUT2D eigenvalue weighted by Gasteiger charge is -2.17. The Hall–Kier alpha value is -5.67. The zero-order chi connectivity index (χ0) is 29.0. The number of aromatic nitrogens is 3. The molecule has 3 aromatic heterocycles. The molecule has 0 fully saturated rings. The summed E-state index contributed by atoms with van der Waals surface area (Å²) in [5.74, 6) is 0. The van der Waals surface area contributed by atoms with Crippen molar-refractivity contribution >= 4 is 49.4 Å². The van der Waals surface area contributed by atoms with Crippen LogP contribution in [0.25, 0.3) is 77.4 Å². The van der Waals surface area contributed by atoms with Gasteiger partial charge in [0.25, 0.3) is 0 Å². The maximum atomic E-state index is 5.19. The molecular weight excluding hydrogens is 534 g/mol. The smallest absolute Gasteiger partial charge is 0.0985 e. The number of rotatable bonds is 4. The van der Waals surface area contributed by atoms with Crippen LogP contribution in [0.5, 0.6) is 0 Å². The molecule has 0 amide bonds. The summed E-state index contributed by atoms with van der Waals surface area (Å²) in [7, 11) is 0. The van der Waals surface area contributed by atoms with Crippen LogP contribution in [0.2, 0.25) is 0 Å². The predicted octanol–water partition coefficient (Wildman–Crippen LogP) is 10.8. The highest BCUT2D eigenvalue weighted by atomic mass is 15.1. The van der Waals surface area contributed by atoms with Gasteiger partial charge in [-0.15, -0.1) is 0 Å². The Bertz CT molecular complexity index is 2360. The van der Waals surface area contributed by atoms with E-state index in [0.717, 1.165) is 40.5 Å². The molecule has 44 heavy (non-hydrogen) atoms. The maximum absolute atomic E-state index is 5.19. The fraction of sp³-hybridized carbons (Fsp3) is 0.0488. The molecule has 3 heteroatoms. The Kier molecular flexibility index (Phi) is 5.63. The average Bonchev–Trinajstić information content (AvgIpc) is 3.62. The van der Waals surface area contributed by atoms with E-state index >= 15 is 0 Å². The van der Waals surface area contributed by atoms with E-state index in [1.807, 2.05) is 0 Å². The molecular formula is C41H29N3. The second-order valence-corrected chi connectivity index (χ2v) is 11.5. The van der Waals surface area contributed by atoms with Crippen LogP contribution in [0.1, 0.15) is 12.8 Å². The van der Waals surface area contributed by atoms with Crippen molar-refractivity contribution in [3.8, 4) is 27.9 Å². The molecule has 0 saturated heterocycles. The van der Waals surface area contributed by atoms with Gasteiger partial charge in [-0.2, -0.15) is 0 Å². The van der Waals surface area contributed by atoms with Gasteiger partial charge in [0.15, 0.2) is 0 Å². The number of hydrogen-bond donors (Lipinski definition) is 0. The van der Waals surface area contributed by atoms with E-state index in [9.17, 15) is 0 Å². The number of hydrogen-bond acceptors (Lipinski definition) is 1. The van der Waals surface area contributed by atoms with E-state index in [2.05, 4.69) is 161 Å². The molecule has 0 aliphatic heterocycles. The van der Waals surface area contributed by atoms with Crippen LogP contribution in [0.15, 0.2) is 152 Å². The van der Waals surface area contributed by atoms with Crippen molar-refractivity contribution in [2.24, 2.45) is 0 Å². The summed E-state index contributed by atoms with van der Waals surface area (Å²) in [5.41, 5.74) is 13.0. The Morgan fingerprint density at radius 1 is 0.523 bits per heavy atom. The van der Waals surface area contributed by atoms with Gasteiger partial charge in [-0.25, -0.2) is 0 Å². The van der Waals surface area contributed by atoms with Crippen LogP contribution in [0, 0.1) is 0 Å². The minimum atomic E-state index is 0.996. The van der Waals surface area contributed by atoms with Gasteiger partial charge in [0.1, 0.15) is 0 Å². The first-order valence-corrected chi connectivity index (χ1v) is 15.3. The normalized spacial score (nSPS) is 13.3. The fourth-order valence-electron chi connectivity index (χ4n) is 7.01. The molecule has 0 saturated carbocycles. The standard InChI is InChI=1S/C41H29N3/c1-4-14-28(15-5-1)30-24-31(29-16-6-2-7-17-29)26-33(25-30)44-38-23-13-11-21-35(38)39-41(44)40-36(27-42-39)34-20-10-12-22-37(34)43(40)32-18-8-3-9-19-32/h1-8,10-18,20-27H,9,19H2. The molecule has 208 valence electrons. The number of allylic oxidation sites excluding steroid dienone is 4. The number of pyridine rings is 1. The van der Waals surface area contributed by atoms with Crippen LogP contribution < -0.4 is 0 Å². The SMILES string of the molecule is C1=CCCC(n2c3ccccc3c3cnc4c5ccccc5n(-c5cc(-c6ccccc6)cc(-c6ccccc6)c5)c4c32)=C1. The fourth-order valence-corrected chi connectivity index (χ4v) is 7.01. The maximum Gasteiger partial charge on any atom is 0.0985 e. The van der Waals surface area contributed by atoms with Crippen LogP contribution >= 0.6 is 0 Å². The third-order valence-corrected chi connectivity index (χ3v) is 8.98. The summed E-state index contributed by atoms with van der Waals surface area (Å²) < 4.78 is 4.94. The van der Waals surface area contributed by atoms with Crippen LogP contribution in [0.4, 0.5) is 0 Å². The molecule has 1 aliphatic carbocycles. The molecule has 3 nitrogen and oxygen atoms in total. The minimum absolute atomic E-state index is 0.996. The Morgan fingerprint density at radius 2 is 1.14 bits per heavy atom. The molecule has 9 rings (SSSR count). The summed E-state index contributed by atoms with van der Waals surface area (Å²) in [6.07, 6.45) is 10.8. The highest BCUT2D eigenvalue weighted by molar-refractivity contribution is 6.22. The van der Waals surface area contributed by atoms with E-state index in [0.29, 0.717) is 0 Å². The average molecular weight is 564 g/mol. The van der Waals surface area contributed by atoms with Crippen molar-refractivity contribution < 1.29 is 0 Å². The molecule has 0 spiro atoms. The Morgan fingerprint density at radius 3 is 1.80 bits per heavy atom. The zero-order valence-corrected chi connectivity index (χ0v) is 24.2. The van der Waals surface area contributed by atoms with Gasteiger partial charge in [-0.05, 0) is 71.5 Å². The molecule has 0 atom stereocenters. The lowest BCUT2D eigenvalue weighted by Crippen LogP contribution is -2.02. The summed E-state index contributed by atoms with van der Waals surface area (Å²) in [4.78, 5) is 5.19. The first kappa shape index (κ1) is 24.9. The third-order valence-electron chi connectivity index (χ3n) is 8.98. The lowest BCUT2D eigenvalue weighted by atomic mass is 9.98. The predicted molar refractivity (Wildman–Crippen MR) is 185 cm³/mol. The van der Waals surface area contributed by atoms with Crippen molar-refractivity contribution in [1.82, 2.24) is 14.1 Å². The number of fused-ring (bicyclic) bond motifs is 7. The lowest BCUT2D eigenvalue weighted by molar-refractivity contribution is 0.979. The van der Waals surface area contributed by atoms with Gasteiger partial charge in [0.05, 0.1) is 27.6 Å². The quantitative estimate of drug-likeness (QED) is 0.209. The molecule has 3 heterocycles. The van der Waals surface area contributed by atoms with Gasteiger partial charge in [-0.1, -0.05) is 109 Å². The summed E-state index contributed by atoms with van der Waals surface area (Å²) >= 11 is 0. The van der Waals surface area contributed by atoms with Crippen molar-refractivity contribution in [3.05, 3.63) is 152 Å². The van der Waals surface area contributed by atoms with E-state index in [-0.39, 0.29) is 0 Å². The van der Waals surface area contributed by atoms with E-state index in [1.54, 1.807) is 0 Å². The second kappa shape index (κ2) is 9.96. The van der Waals surface area contributed by atoms with E-state index < -0.39 is 0 Å². The van der Waals surface area contributed by atoms with Crippen LogP contribution in [0.3, 0.4) is 0 Å². The zero-order valence-electron chi connectivity index (χ0n) is 24.2. The first-order chi connectivity index (χ1) is 21.8. The van der Waals surface area contributed by atoms with Crippen LogP contribution in [-0.4, -0.2) is 14.1 Å². The topological polar surface area (TPSA) is 22.8 Å². The molecule has 5 aromatic carbocycles. The van der Waals surface area contributed by atoms with Crippen molar-refractivity contribution in [1.29, 1.82) is 0 Å². The van der Waals surface area contributed by atoms with Gasteiger partial charge in [0, 0.05) is 33.7 Å². The van der Waals surface area contributed by atoms with Crippen LogP contribution in [-0.2, 0) is 0 Å². The van der Waals surface area contributed by atoms with Gasteiger partial charge >= 0.3 is 0 Å². The number of para-hydroxylation sites is 2. The molecule has 0 bridgehead atoms. The van der Waals surface area contributed by atoms with Crippen molar-refractivity contribution in [2.45, 2.75) is 12.8 Å². The van der Waals surface area contributed by atoms with Crippen molar-refractivity contribution in [3.63, 3.8) is 0 Å². The molecule has 0 unspecified atom stereocenters. The van der Waals surface area contributed by atoms with Crippen molar-refractivity contribution in [2.75, 3.05) is 0 Å². The molecule has 0 N–H and O–H groups in total. The monoisotopic (exact) mass is 563 g/mol. The highest BCUT2D eigenvalue weighted by Gasteiger charge is 2.23. The largest absolute Gasteiger partial charge is 0.311 e. The minimum Gasteiger partial charge on any atom is -0.311 e. The number of nitrogens with zero attached hydrogens (tertiary/aromatic N) is 3. The van der Waals surface area contributed by atoms with Gasteiger partial charge in [-0.3, -0.25) is 4.98 Å². The Balaban J connectivity index is 1.47. The highest BCUT2D eigenvalue weighted by Crippen LogP contribution is 2.42. The third kappa shape index (κ3) is 3.79. The molecule has 8 aromatic rings.